The first-order valence-corrected chi connectivity index (χ1v) is 11.1. The molecule has 3 aromatic rings. The predicted octanol–water partition coefficient (Wildman–Crippen LogP) is 3.48. The van der Waals surface area contributed by atoms with Crippen molar-refractivity contribution in [3.8, 4) is 0 Å². The van der Waals surface area contributed by atoms with E-state index in [4.69, 9.17) is 0 Å². The summed E-state index contributed by atoms with van der Waals surface area (Å²) in [4.78, 5) is 12.2. The van der Waals surface area contributed by atoms with Gasteiger partial charge in [0.25, 0.3) is 0 Å². The van der Waals surface area contributed by atoms with Gasteiger partial charge < -0.3 is 5.32 Å². The molecule has 156 valence electrons. The van der Waals surface area contributed by atoms with Crippen LogP contribution in [0.5, 0.6) is 0 Å². The van der Waals surface area contributed by atoms with Crippen LogP contribution in [-0.2, 0) is 29.7 Å². The van der Waals surface area contributed by atoms with Crippen LogP contribution in [0.1, 0.15) is 16.7 Å². The molecule has 0 atom stereocenters. The van der Waals surface area contributed by atoms with Crippen molar-refractivity contribution in [2.24, 2.45) is 0 Å². The van der Waals surface area contributed by atoms with Gasteiger partial charge in [-0.05, 0) is 23.1 Å². The zero-order chi connectivity index (χ0) is 21.2. The Labute approximate surface area is 177 Å². The number of benzene rings is 3. The predicted molar refractivity (Wildman–Crippen MR) is 118 cm³/mol. The quantitative estimate of drug-likeness (QED) is 0.553. The first kappa shape index (κ1) is 21.5. The molecule has 30 heavy (non-hydrogen) atoms. The largest absolute Gasteiger partial charge is 0.333 e. The molecule has 0 aliphatic heterocycles. The molecular formula is C23H25N3O3S. The van der Waals surface area contributed by atoms with Crippen LogP contribution < -0.4 is 10.0 Å². The normalized spacial score (nSPS) is 11.2. The van der Waals surface area contributed by atoms with Crippen molar-refractivity contribution in [2.75, 3.05) is 6.54 Å². The highest BCUT2D eigenvalue weighted by atomic mass is 32.2. The SMILES string of the molecule is O=C(NCc1ccccc1)NS(=O)(=O)N(CCc1ccccc1)Cc1ccccc1. The van der Waals surface area contributed by atoms with E-state index in [-0.39, 0.29) is 19.6 Å². The van der Waals surface area contributed by atoms with Crippen molar-refractivity contribution in [1.82, 2.24) is 14.3 Å². The number of nitrogens with zero attached hydrogens (tertiary/aromatic N) is 1. The van der Waals surface area contributed by atoms with Crippen LogP contribution in [-0.4, -0.2) is 25.3 Å². The Hall–Kier alpha value is -3.16. The number of rotatable bonds is 9. The Kier molecular flexibility index (Phi) is 7.59. The summed E-state index contributed by atoms with van der Waals surface area (Å²) in [7, 11) is -4.02. The summed E-state index contributed by atoms with van der Waals surface area (Å²) in [5.41, 5.74) is 2.76. The van der Waals surface area contributed by atoms with Gasteiger partial charge in [-0.3, -0.25) is 0 Å². The van der Waals surface area contributed by atoms with Crippen LogP contribution in [0.2, 0.25) is 0 Å². The Morgan fingerprint density at radius 2 is 1.23 bits per heavy atom. The molecule has 0 aliphatic rings. The molecular weight excluding hydrogens is 398 g/mol. The Balaban J connectivity index is 1.66. The van der Waals surface area contributed by atoms with Gasteiger partial charge in [-0.15, -0.1) is 0 Å². The molecule has 7 heteroatoms. The van der Waals surface area contributed by atoms with Gasteiger partial charge >= 0.3 is 16.2 Å². The van der Waals surface area contributed by atoms with Gasteiger partial charge in [-0.1, -0.05) is 91.0 Å². The number of amides is 2. The van der Waals surface area contributed by atoms with E-state index in [0.717, 1.165) is 16.7 Å². The van der Waals surface area contributed by atoms with Gasteiger partial charge in [-0.2, -0.15) is 12.7 Å². The summed E-state index contributed by atoms with van der Waals surface area (Å²) in [5.74, 6) is 0. The average Bonchev–Trinajstić information content (AvgIpc) is 2.77. The first-order chi connectivity index (χ1) is 14.5. The van der Waals surface area contributed by atoms with Crippen molar-refractivity contribution in [2.45, 2.75) is 19.5 Å². The highest BCUT2D eigenvalue weighted by Gasteiger charge is 2.24. The van der Waals surface area contributed by atoms with Gasteiger partial charge in [0, 0.05) is 19.6 Å². The number of urea groups is 1. The maximum atomic E-state index is 12.9. The molecule has 0 saturated carbocycles. The van der Waals surface area contributed by atoms with Crippen molar-refractivity contribution in [3.63, 3.8) is 0 Å². The lowest BCUT2D eigenvalue weighted by atomic mass is 10.1. The Morgan fingerprint density at radius 3 is 1.80 bits per heavy atom. The second kappa shape index (κ2) is 10.6. The Morgan fingerprint density at radius 1 is 0.733 bits per heavy atom. The molecule has 0 aromatic heterocycles. The number of nitrogens with one attached hydrogen (secondary N) is 2. The zero-order valence-electron chi connectivity index (χ0n) is 16.6. The number of carbonyl (C=O) groups excluding carboxylic acids is 1. The fourth-order valence-electron chi connectivity index (χ4n) is 2.97. The van der Waals surface area contributed by atoms with Crippen molar-refractivity contribution >= 4 is 16.2 Å². The molecule has 0 radical (unpaired) electrons. The van der Waals surface area contributed by atoms with Crippen molar-refractivity contribution < 1.29 is 13.2 Å². The van der Waals surface area contributed by atoms with E-state index in [0.29, 0.717) is 6.42 Å². The smallest absolute Gasteiger partial charge is 0.329 e. The molecule has 3 rings (SSSR count). The monoisotopic (exact) mass is 423 g/mol. The van der Waals surface area contributed by atoms with Gasteiger partial charge in [0.05, 0.1) is 0 Å². The fraction of sp³-hybridized carbons (Fsp3) is 0.174. The minimum atomic E-state index is -4.02. The number of hydrogen-bond acceptors (Lipinski definition) is 3. The third kappa shape index (κ3) is 6.72. The summed E-state index contributed by atoms with van der Waals surface area (Å²) in [6, 6.07) is 27.5. The summed E-state index contributed by atoms with van der Waals surface area (Å²) >= 11 is 0. The summed E-state index contributed by atoms with van der Waals surface area (Å²) in [6.45, 7) is 0.667. The minimum absolute atomic E-state index is 0.176. The topological polar surface area (TPSA) is 78.5 Å². The molecule has 0 unspecified atom stereocenters. The molecule has 2 amide bonds. The van der Waals surface area contributed by atoms with Gasteiger partial charge in [0.15, 0.2) is 0 Å². The van der Waals surface area contributed by atoms with Crippen LogP contribution in [0.4, 0.5) is 4.79 Å². The maximum absolute atomic E-state index is 12.9. The highest BCUT2D eigenvalue weighted by Crippen LogP contribution is 2.11. The lowest BCUT2D eigenvalue weighted by Gasteiger charge is -2.22. The second-order valence-electron chi connectivity index (χ2n) is 6.83. The van der Waals surface area contributed by atoms with Crippen LogP contribution in [0.15, 0.2) is 91.0 Å². The molecule has 0 fully saturated rings. The Bertz CT molecular complexity index is 1030. The summed E-state index contributed by atoms with van der Waals surface area (Å²) < 4.78 is 29.3. The fourth-order valence-corrected chi connectivity index (χ4v) is 4.05. The average molecular weight is 424 g/mol. The van der Waals surface area contributed by atoms with Crippen LogP contribution in [0, 0.1) is 0 Å². The molecule has 3 aromatic carbocycles. The summed E-state index contributed by atoms with van der Waals surface area (Å²) in [6.07, 6.45) is 0.542. The molecule has 0 saturated heterocycles. The van der Waals surface area contributed by atoms with Gasteiger partial charge in [0.2, 0.25) is 0 Å². The molecule has 0 aliphatic carbocycles. The number of hydrogen-bond donors (Lipinski definition) is 2. The van der Waals surface area contributed by atoms with Crippen molar-refractivity contribution in [3.05, 3.63) is 108 Å². The standard InChI is InChI=1S/C23H25N3O3S/c27-23(24-18-21-12-6-2-7-13-21)25-30(28,29)26(19-22-14-8-3-9-15-22)17-16-20-10-4-1-5-11-20/h1-15H,16-19H2,(H2,24,25,27). The van der Waals surface area contributed by atoms with Crippen LogP contribution in [0.25, 0.3) is 0 Å². The van der Waals surface area contributed by atoms with E-state index in [1.165, 1.54) is 4.31 Å². The van der Waals surface area contributed by atoms with E-state index in [9.17, 15) is 13.2 Å². The third-order valence-corrected chi connectivity index (χ3v) is 5.99. The highest BCUT2D eigenvalue weighted by molar-refractivity contribution is 7.87. The van der Waals surface area contributed by atoms with Crippen molar-refractivity contribution in [1.29, 1.82) is 0 Å². The second-order valence-corrected chi connectivity index (χ2v) is 8.50. The van der Waals surface area contributed by atoms with E-state index in [1.54, 1.807) is 0 Å². The molecule has 0 bridgehead atoms. The van der Waals surface area contributed by atoms with E-state index in [2.05, 4.69) is 10.0 Å². The first-order valence-electron chi connectivity index (χ1n) is 9.70. The van der Waals surface area contributed by atoms with E-state index >= 15 is 0 Å². The molecule has 0 heterocycles. The number of carbonyl (C=O) groups is 1. The van der Waals surface area contributed by atoms with E-state index < -0.39 is 16.2 Å². The summed E-state index contributed by atoms with van der Waals surface area (Å²) in [5, 5.41) is 2.59. The maximum Gasteiger partial charge on any atom is 0.329 e. The van der Waals surface area contributed by atoms with Gasteiger partial charge in [-0.25, -0.2) is 9.52 Å². The molecule has 0 spiro atoms. The zero-order valence-corrected chi connectivity index (χ0v) is 17.4. The van der Waals surface area contributed by atoms with Crippen LogP contribution >= 0.6 is 0 Å². The lowest BCUT2D eigenvalue weighted by Crippen LogP contribution is -2.47. The third-order valence-electron chi connectivity index (χ3n) is 4.55. The van der Waals surface area contributed by atoms with E-state index in [1.807, 2.05) is 91.0 Å². The molecule has 2 N–H and O–H groups in total. The lowest BCUT2D eigenvalue weighted by molar-refractivity contribution is 0.244. The van der Waals surface area contributed by atoms with Gasteiger partial charge in [0.1, 0.15) is 0 Å². The minimum Gasteiger partial charge on any atom is -0.333 e. The molecule has 6 nitrogen and oxygen atoms in total. The van der Waals surface area contributed by atoms with Crippen LogP contribution in [0.3, 0.4) is 0 Å².